The number of aromatic nitrogens is 2. The lowest BCUT2D eigenvalue weighted by Crippen LogP contribution is -2.33. The van der Waals surface area contributed by atoms with Gasteiger partial charge in [0.25, 0.3) is 5.91 Å². The van der Waals surface area contributed by atoms with E-state index < -0.39 is 42.0 Å². The van der Waals surface area contributed by atoms with Crippen LogP contribution in [0.1, 0.15) is 37.3 Å². The van der Waals surface area contributed by atoms with Gasteiger partial charge in [-0.25, -0.2) is 14.4 Å². The lowest BCUT2D eigenvalue weighted by Gasteiger charge is -2.19. The summed E-state index contributed by atoms with van der Waals surface area (Å²) >= 11 is 0. The number of hydrogen-bond acceptors (Lipinski definition) is 8. The summed E-state index contributed by atoms with van der Waals surface area (Å²) < 4.78 is 18.4. The number of benzene rings is 3. The monoisotopic (exact) mass is 551 g/mol. The van der Waals surface area contributed by atoms with Crippen molar-refractivity contribution in [3.63, 3.8) is 0 Å². The molecule has 0 radical (unpaired) electrons. The number of ether oxygens (including phenoxy) is 3. The van der Waals surface area contributed by atoms with E-state index in [2.05, 4.69) is 16.9 Å². The van der Waals surface area contributed by atoms with Crippen LogP contribution in [0.15, 0.2) is 120 Å². The highest BCUT2D eigenvalue weighted by molar-refractivity contribution is 6.03. The zero-order valence-corrected chi connectivity index (χ0v) is 21.7. The molecule has 1 saturated heterocycles. The molecule has 1 N–H and O–H groups in total. The molecule has 0 saturated carbocycles. The first kappa shape index (κ1) is 27.2. The predicted molar refractivity (Wildman–Crippen MR) is 148 cm³/mol. The lowest BCUT2D eigenvalue weighted by atomic mass is 10.1. The van der Waals surface area contributed by atoms with E-state index in [-0.39, 0.29) is 18.0 Å². The van der Waals surface area contributed by atoms with E-state index in [9.17, 15) is 19.2 Å². The zero-order valence-electron chi connectivity index (χ0n) is 21.7. The van der Waals surface area contributed by atoms with Gasteiger partial charge in [0.2, 0.25) is 0 Å². The topological polar surface area (TPSA) is 126 Å². The fourth-order valence-corrected chi connectivity index (χ4v) is 4.24. The minimum Gasteiger partial charge on any atom is -0.459 e. The first-order valence-corrected chi connectivity index (χ1v) is 12.7. The second-order valence-corrected chi connectivity index (χ2v) is 9.08. The largest absolute Gasteiger partial charge is 0.459 e. The fraction of sp³-hybridized carbons (Fsp3) is 0.129. The van der Waals surface area contributed by atoms with Gasteiger partial charge in [0.15, 0.2) is 12.3 Å². The smallest absolute Gasteiger partial charge is 0.351 e. The molecule has 41 heavy (non-hydrogen) atoms. The van der Waals surface area contributed by atoms with Crippen LogP contribution in [0, 0.1) is 0 Å². The molecule has 0 spiro atoms. The van der Waals surface area contributed by atoms with Crippen molar-refractivity contribution in [1.82, 2.24) is 9.55 Å². The van der Waals surface area contributed by atoms with Crippen molar-refractivity contribution >= 4 is 23.7 Å². The zero-order chi connectivity index (χ0) is 28.8. The van der Waals surface area contributed by atoms with Gasteiger partial charge >= 0.3 is 17.6 Å². The molecule has 1 fully saturated rings. The van der Waals surface area contributed by atoms with Gasteiger partial charge in [-0.2, -0.15) is 4.98 Å². The molecular weight excluding hydrogens is 526 g/mol. The molecule has 3 atom stereocenters. The van der Waals surface area contributed by atoms with Gasteiger partial charge in [-0.05, 0) is 42.5 Å². The van der Waals surface area contributed by atoms with E-state index in [4.69, 9.17) is 14.2 Å². The molecule has 10 heteroatoms. The Morgan fingerprint density at radius 3 is 1.98 bits per heavy atom. The van der Waals surface area contributed by atoms with Crippen molar-refractivity contribution in [2.75, 3.05) is 11.9 Å². The van der Waals surface area contributed by atoms with Gasteiger partial charge in [-0.15, -0.1) is 0 Å². The highest BCUT2D eigenvalue weighted by atomic mass is 16.6. The maximum Gasteiger partial charge on any atom is 0.351 e. The maximum absolute atomic E-state index is 13.0. The Morgan fingerprint density at radius 2 is 1.39 bits per heavy atom. The minimum absolute atomic E-state index is 0.0455. The number of esters is 2. The summed E-state index contributed by atoms with van der Waals surface area (Å²) in [6, 6.07) is 26.7. The number of anilines is 1. The molecule has 1 aliphatic heterocycles. The van der Waals surface area contributed by atoms with Crippen LogP contribution in [0.2, 0.25) is 0 Å². The van der Waals surface area contributed by atoms with Gasteiger partial charge in [0.1, 0.15) is 18.5 Å². The fourth-order valence-electron chi connectivity index (χ4n) is 4.24. The SMILES string of the molecule is C=C1C(OC(=O)c2ccccc2)C(COC(=O)c2ccccc2)OC1n1ccc(NC(=O)c2ccccc2)nc1=O. The highest BCUT2D eigenvalue weighted by Crippen LogP contribution is 2.35. The number of carbonyl (C=O) groups is 3. The third-order valence-electron chi connectivity index (χ3n) is 6.32. The standard InChI is InChI=1S/C31H25N3O7/c1-20-26(41-30(37)23-15-9-4-10-16-23)24(19-39-29(36)22-13-7-3-8-14-22)40-28(20)34-18-17-25(33-31(34)38)32-27(35)21-11-5-2-6-12-21/h2-18,24,26,28H,1,19H2,(H,32,33,35,38). The van der Waals surface area contributed by atoms with Gasteiger partial charge in [-0.1, -0.05) is 61.2 Å². The number of carbonyl (C=O) groups excluding carboxylic acids is 3. The molecule has 2 heterocycles. The van der Waals surface area contributed by atoms with Crippen LogP contribution in [0.3, 0.4) is 0 Å². The van der Waals surface area contributed by atoms with Crippen molar-refractivity contribution < 1.29 is 28.6 Å². The van der Waals surface area contributed by atoms with Crippen molar-refractivity contribution in [2.24, 2.45) is 0 Å². The van der Waals surface area contributed by atoms with Crippen LogP contribution in [0.25, 0.3) is 0 Å². The second kappa shape index (κ2) is 12.2. The van der Waals surface area contributed by atoms with Crippen LogP contribution in [-0.2, 0) is 14.2 Å². The lowest BCUT2D eigenvalue weighted by molar-refractivity contribution is -0.0578. The van der Waals surface area contributed by atoms with Crippen molar-refractivity contribution in [3.05, 3.63) is 143 Å². The van der Waals surface area contributed by atoms with E-state index in [1.165, 1.54) is 12.3 Å². The van der Waals surface area contributed by atoms with Crippen LogP contribution >= 0.6 is 0 Å². The molecule has 4 aromatic rings. The molecule has 10 nitrogen and oxygen atoms in total. The molecule has 206 valence electrons. The predicted octanol–water partition coefficient (Wildman–Crippen LogP) is 4.03. The molecule has 3 aromatic carbocycles. The summed E-state index contributed by atoms with van der Waals surface area (Å²) in [7, 11) is 0. The Labute approximate surface area is 234 Å². The molecule has 1 aliphatic rings. The average Bonchev–Trinajstić information content (AvgIpc) is 3.31. The minimum atomic E-state index is -1.08. The molecule has 0 bridgehead atoms. The Hall–Kier alpha value is -5.35. The van der Waals surface area contributed by atoms with E-state index in [1.54, 1.807) is 91.0 Å². The summed E-state index contributed by atoms with van der Waals surface area (Å²) in [5.41, 5.74) is 0.562. The molecule has 5 rings (SSSR count). The molecule has 1 amide bonds. The second-order valence-electron chi connectivity index (χ2n) is 9.08. The van der Waals surface area contributed by atoms with E-state index in [1.807, 2.05) is 0 Å². The third kappa shape index (κ3) is 6.29. The van der Waals surface area contributed by atoms with Crippen LogP contribution in [0.5, 0.6) is 0 Å². The summed E-state index contributed by atoms with van der Waals surface area (Å²) in [5.74, 6) is -1.60. The van der Waals surface area contributed by atoms with Crippen molar-refractivity contribution in [3.8, 4) is 0 Å². The summed E-state index contributed by atoms with van der Waals surface area (Å²) in [4.78, 5) is 54.8. The Balaban J connectivity index is 1.35. The number of rotatable bonds is 8. The summed E-state index contributed by atoms with van der Waals surface area (Å²) in [6.45, 7) is 3.75. The van der Waals surface area contributed by atoms with E-state index >= 15 is 0 Å². The van der Waals surface area contributed by atoms with E-state index in [0.717, 1.165) is 4.57 Å². The van der Waals surface area contributed by atoms with Crippen molar-refractivity contribution in [1.29, 1.82) is 0 Å². The average molecular weight is 552 g/mol. The molecule has 3 unspecified atom stereocenters. The molecule has 0 aliphatic carbocycles. The summed E-state index contributed by atoms with van der Waals surface area (Å²) in [5, 5.41) is 2.58. The number of nitrogens with one attached hydrogen (secondary N) is 1. The van der Waals surface area contributed by atoms with Crippen LogP contribution in [0.4, 0.5) is 5.82 Å². The number of amides is 1. The quantitative estimate of drug-likeness (QED) is 0.257. The molecular formula is C31H25N3O7. The maximum atomic E-state index is 13.0. The first-order valence-electron chi connectivity index (χ1n) is 12.7. The van der Waals surface area contributed by atoms with Crippen LogP contribution < -0.4 is 11.0 Å². The third-order valence-corrected chi connectivity index (χ3v) is 6.32. The van der Waals surface area contributed by atoms with E-state index in [0.29, 0.717) is 16.7 Å². The van der Waals surface area contributed by atoms with Crippen LogP contribution in [-0.4, -0.2) is 46.2 Å². The Morgan fingerprint density at radius 1 is 0.829 bits per heavy atom. The van der Waals surface area contributed by atoms with Gasteiger partial charge in [-0.3, -0.25) is 9.36 Å². The number of nitrogens with zero attached hydrogens (tertiary/aromatic N) is 2. The van der Waals surface area contributed by atoms with Gasteiger partial charge in [0, 0.05) is 17.3 Å². The van der Waals surface area contributed by atoms with Gasteiger partial charge in [0.05, 0.1) is 11.1 Å². The highest BCUT2D eigenvalue weighted by Gasteiger charge is 2.43. The first-order chi connectivity index (χ1) is 19.9. The van der Waals surface area contributed by atoms with Gasteiger partial charge < -0.3 is 19.5 Å². The molecule has 1 aromatic heterocycles. The Kier molecular flexibility index (Phi) is 8.12. The Bertz CT molecular complexity index is 1620. The normalized spacial score (nSPS) is 18.0. The van der Waals surface area contributed by atoms with Crippen molar-refractivity contribution in [2.45, 2.75) is 18.4 Å². The summed E-state index contributed by atoms with van der Waals surface area (Å²) in [6.07, 6.45) is -1.69. The number of hydrogen-bond donors (Lipinski definition) is 1.